The van der Waals surface area contributed by atoms with Gasteiger partial charge in [0.1, 0.15) is 5.75 Å². The van der Waals surface area contributed by atoms with E-state index in [1.54, 1.807) is 7.11 Å². The van der Waals surface area contributed by atoms with E-state index in [1.807, 2.05) is 25.1 Å². The van der Waals surface area contributed by atoms with Crippen molar-refractivity contribution in [2.75, 3.05) is 7.11 Å². The third-order valence-electron chi connectivity index (χ3n) is 2.93. The van der Waals surface area contributed by atoms with Crippen molar-refractivity contribution in [3.8, 4) is 5.75 Å². The lowest BCUT2D eigenvalue weighted by Crippen LogP contribution is -2.03. The smallest absolute Gasteiger partial charge is 0.122 e. The molecule has 1 unspecified atom stereocenters. The first-order valence-electron chi connectivity index (χ1n) is 5.05. The maximum Gasteiger partial charge on any atom is 0.122 e. The van der Waals surface area contributed by atoms with Gasteiger partial charge in [-0.1, -0.05) is 12.1 Å². The van der Waals surface area contributed by atoms with Crippen molar-refractivity contribution < 1.29 is 9.84 Å². The molecule has 0 radical (unpaired) electrons. The van der Waals surface area contributed by atoms with Crippen molar-refractivity contribution in [3.05, 3.63) is 29.3 Å². The fourth-order valence-corrected chi connectivity index (χ4v) is 1.84. The van der Waals surface area contributed by atoms with Crippen LogP contribution >= 0.6 is 0 Å². The zero-order valence-corrected chi connectivity index (χ0v) is 8.66. The molecule has 1 aromatic rings. The van der Waals surface area contributed by atoms with Crippen LogP contribution in [0.15, 0.2) is 18.2 Å². The summed E-state index contributed by atoms with van der Waals surface area (Å²) >= 11 is 0. The Kier molecular flexibility index (Phi) is 2.46. The van der Waals surface area contributed by atoms with Crippen LogP contribution in [0.25, 0.3) is 0 Å². The van der Waals surface area contributed by atoms with Crippen LogP contribution in [0.3, 0.4) is 0 Å². The molecule has 0 amide bonds. The van der Waals surface area contributed by atoms with E-state index in [0.717, 1.165) is 29.7 Å². The third-order valence-corrected chi connectivity index (χ3v) is 2.93. The molecule has 0 aliphatic heterocycles. The van der Waals surface area contributed by atoms with Crippen molar-refractivity contribution in [1.29, 1.82) is 0 Å². The van der Waals surface area contributed by atoms with Gasteiger partial charge >= 0.3 is 0 Å². The molecule has 14 heavy (non-hydrogen) atoms. The topological polar surface area (TPSA) is 29.5 Å². The van der Waals surface area contributed by atoms with Crippen LogP contribution < -0.4 is 4.74 Å². The molecule has 1 fully saturated rings. The van der Waals surface area contributed by atoms with Crippen LogP contribution in [0, 0.1) is 12.8 Å². The normalized spacial score (nSPS) is 17.9. The number of ether oxygens (including phenoxy) is 1. The fraction of sp³-hybridized carbons (Fsp3) is 0.500. The molecule has 1 aromatic carbocycles. The Morgan fingerprint density at radius 3 is 2.71 bits per heavy atom. The van der Waals surface area contributed by atoms with Gasteiger partial charge in [0.25, 0.3) is 0 Å². The fourth-order valence-electron chi connectivity index (χ4n) is 1.84. The van der Waals surface area contributed by atoms with E-state index in [-0.39, 0.29) is 6.10 Å². The van der Waals surface area contributed by atoms with E-state index in [2.05, 4.69) is 0 Å². The summed E-state index contributed by atoms with van der Waals surface area (Å²) < 4.78 is 5.22. The van der Waals surface area contributed by atoms with Crippen molar-refractivity contribution in [2.24, 2.45) is 5.92 Å². The minimum absolute atomic E-state index is 0.301. The summed E-state index contributed by atoms with van der Waals surface area (Å²) in [7, 11) is 1.66. The van der Waals surface area contributed by atoms with Gasteiger partial charge in [-0.3, -0.25) is 0 Å². The molecule has 1 saturated carbocycles. The Labute approximate surface area is 84.5 Å². The summed E-state index contributed by atoms with van der Waals surface area (Å²) in [6, 6.07) is 5.85. The number of methoxy groups -OCH3 is 1. The Hall–Kier alpha value is -1.02. The summed E-state index contributed by atoms with van der Waals surface area (Å²) in [5, 5.41) is 10.0. The van der Waals surface area contributed by atoms with E-state index >= 15 is 0 Å². The van der Waals surface area contributed by atoms with Gasteiger partial charge in [-0.05, 0) is 42.9 Å². The molecule has 2 nitrogen and oxygen atoms in total. The molecule has 1 atom stereocenters. The van der Waals surface area contributed by atoms with Gasteiger partial charge in [0.2, 0.25) is 0 Å². The third kappa shape index (κ3) is 1.62. The second-order valence-electron chi connectivity index (χ2n) is 3.96. The van der Waals surface area contributed by atoms with E-state index in [1.165, 1.54) is 0 Å². The highest BCUT2D eigenvalue weighted by Gasteiger charge is 2.31. The van der Waals surface area contributed by atoms with Gasteiger partial charge in [0.15, 0.2) is 0 Å². The van der Waals surface area contributed by atoms with Crippen molar-refractivity contribution in [3.63, 3.8) is 0 Å². The van der Waals surface area contributed by atoms with E-state index in [9.17, 15) is 5.11 Å². The number of hydrogen-bond donors (Lipinski definition) is 1. The minimum Gasteiger partial charge on any atom is -0.496 e. The molecule has 0 heterocycles. The lowest BCUT2D eigenvalue weighted by molar-refractivity contribution is 0.152. The Bertz CT molecular complexity index is 329. The second-order valence-corrected chi connectivity index (χ2v) is 3.96. The van der Waals surface area contributed by atoms with Crippen LogP contribution in [0.4, 0.5) is 0 Å². The molecule has 0 bridgehead atoms. The number of benzene rings is 1. The highest BCUT2D eigenvalue weighted by Crippen LogP contribution is 2.42. The number of aliphatic hydroxyl groups is 1. The average Bonchev–Trinajstić information content (AvgIpc) is 3.00. The first-order chi connectivity index (χ1) is 6.74. The highest BCUT2D eigenvalue weighted by atomic mass is 16.5. The van der Waals surface area contributed by atoms with Crippen molar-refractivity contribution in [1.82, 2.24) is 0 Å². The summed E-state index contributed by atoms with van der Waals surface area (Å²) in [5.41, 5.74) is 2.08. The van der Waals surface area contributed by atoms with Crippen molar-refractivity contribution >= 4 is 0 Å². The molecule has 0 aromatic heterocycles. The number of rotatable bonds is 3. The van der Waals surface area contributed by atoms with Gasteiger partial charge in [-0.15, -0.1) is 0 Å². The molecule has 1 N–H and O–H groups in total. The second kappa shape index (κ2) is 3.62. The maximum atomic E-state index is 10.0. The lowest BCUT2D eigenvalue weighted by Gasteiger charge is -2.15. The zero-order valence-electron chi connectivity index (χ0n) is 8.66. The van der Waals surface area contributed by atoms with Crippen molar-refractivity contribution in [2.45, 2.75) is 25.9 Å². The molecule has 76 valence electrons. The molecule has 1 aliphatic carbocycles. The molecular weight excluding hydrogens is 176 g/mol. The predicted molar refractivity (Wildman–Crippen MR) is 55.4 cm³/mol. The van der Waals surface area contributed by atoms with Gasteiger partial charge in [-0.25, -0.2) is 0 Å². The Morgan fingerprint density at radius 2 is 2.14 bits per heavy atom. The number of aliphatic hydroxyl groups excluding tert-OH is 1. The summed E-state index contributed by atoms with van der Waals surface area (Å²) in [4.78, 5) is 0. The molecule has 0 spiro atoms. The zero-order chi connectivity index (χ0) is 10.1. The standard InChI is InChI=1S/C12H16O2/c1-8-10(12(13)9-6-7-9)4-3-5-11(8)14-2/h3-5,9,12-13H,6-7H2,1-2H3. The SMILES string of the molecule is COc1cccc(C(O)C2CC2)c1C. The van der Waals surface area contributed by atoms with Crippen LogP contribution in [-0.2, 0) is 0 Å². The molecule has 2 heteroatoms. The Balaban J connectivity index is 2.31. The van der Waals surface area contributed by atoms with Crippen LogP contribution in [-0.4, -0.2) is 12.2 Å². The molecule has 2 rings (SSSR count). The molecule has 0 saturated heterocycles. The first kappa shape index (κ1) is 9.53. The van der Waals surface area contributed by atoms with E-state index in [4.69, 9.17) is 4.74 Å². The highest BCUT2D eigenvalue weighted by molar-refractivity contribution is 5.40. The van der Waals surface area contributed by atoms with Gasteiger partial charge in [0, 0.05) is 0 Å². The summed E-state index contributed by atoms with van der Waals surface area (Å²) in [5.74, 6) is 1.34. The van der Waals surface area contributed by atoms with E-state index < -0.39 is 0 Å². The summed E-state index contributed by atoms with van der Waals surface area (Å²) in [6.07, 6.45) is 2.00. The van der Waals surface area contributed by atoms with Gasteiger partial charge in [0.05, 0.1) is 13.2 Å². The quantitative estimate of drug-likeness (QED) is 0.797. The molecular formula is C12H16O2. The van der Waals surface area contributed by atoms with Crippen LogP contribution in [0.5, 0.6) is 5.75 Å². The van der Waals surface area contributed by atoms with E-state index in [0.29, 0.717) is 5.92 Å². The van der Waals surface area contributed by atoms with Gasteiger partial charge < -0.3 is 9.84 Å². The lowest BCUT2D eigenvalue weighted by atomic mass is 9.99. The largest absolute Gasteiger partial charge is 0.496 e. The average molecular weight is 192 g/mol. The first-order valence-corrected chi connectivity index (χ1v) is 5.05. The minimum atomic E-state index is -0.301. The predicted octanol–water partition coefficient (Wildman–Crippen LogP) is 2.45. The summed E-state index contributed by atoms with van der Waals surface area (Å²) in [6.45, 7) is 2.00. The van der Waals surface area contributed by atoms with Crippen LogP contribution in [0.1, 0.15) is 30.1 Å². The number of hydrogen-bond acceptors (Lipinski definition) is 2. The maximum absolute atomic E-state index is 10.0. The van der Waals surface area contributed by atoms with Gasteiger partial charge in [-0.2, -0.15) is 0 Å². The molecule has 1 aliphatic rings. The van der Waals surface area contributed by atoms with Crippen LogP contribution in [0.2, 0.25) is 0 Å². The monoisotopic (exact) mass is 192 g/mol. The Morgan fingerprint density at radius 1 is 1.43 bits per heavy atom.